The molecule has 0 aliphatic carbocycles. The topological polar surface area (TPSA) is 65.4 Å². The third-order valence-corrected chi connectivity index (χ3v) is 3.27. The molecule has 6 heteroatoms. The number of hydrogen-bond acceptors (Lipinski definition) is 4. The van der Waals surface area contributed by atoms with Crippen LogP contribution < -0.4 is 0 Å². The highest BCUT2D eigenvalue weighted by Gasteiger charge is 2.17. The van der Waals surface area contributed by atoms with Crippen molar-refractivity contribution in [3.63, 3.8) is 0 Å². The Morgan fingerprint density at radius 2 is 2.05 bits per heavy atom. The van der Waals surface area contributed by atoms with Crippen molar-refractivity contribution in [1.82, 2.24) is 4.57 Å². The van der Waals surface area contributed by atoms with E-state index in [4.69, 9.17) is 11.6 Å². The van der Waals surface area contributed by atoms with Crippen LogP contribution in [0.3, 0.4) is 0 Å². The van der Waals surface area contributed by atoms with Gasteiger partial charge in [-0.05, 0) is 18.2 Å². The van der Waals surface area contributed by atoms with Crippen molar-refractivity contribution < 1.29 is 19.1 Å². The number of ketones is 1. The summed E-state index contributed by atoms with van der Waals surface area (Å²) in [5.41, 5.74) is 0.790. The second-order valence-electron chi connectivity index (χ2n) is 4.30. The molecule has 0 fully saturated rings. The lowest BCUT2D eigenvalue weighted by molar-refractivity contribution is 0.0588. The van der Waals surface area contributed by atoms with Crippen molar-refractivity contribution in [2.45, 2.75) is 6.54 Å². The summed E-state index contributed by atoms with van der Waals surface area (Å²) in [6.07, 6.45) is 2.02. The number of aromatic nitrogens is 1. The molecule has 0 bridgehead atoms. The van der Waals surface area contributed by atoms with E-state index in [0.29, 0.717) is 22.4 Å². The number of aldehydes is 1. The maximum atomic E-state index is 12.2. The van der Waals surface area contributed by atoms with Gasteiger partial charge < -0.3 is 9.30 Å². The Bertz CT molecular complexity index is 705. The first-order chi connectivity index (χ1) is 10.1. The normalized spacial score (nSPS) is 10.2. The number of halogens is 1. The third-order valence-electron chi connectivity index (χ3n) is 2.94. The molecule has 1 aromatic heterocycles. The van der Waals surface area contributed by atoms with Gasteiger partial charge in [-0.2, -0.15) is 0 Å². The van der Waals surface area contributed by atoms with Gasteiger partial charge in [0.25, 0.3) is 0 Å². The molecule has 21 heavy (non-hydrogen) atoms. The predicted molar refractivity (Wildman–Crippen MR) is 76.9 cm³/mol. The van der Waals surface area contributed by atoms with Gasteiger partial charge in [0.05, 0.1) is 18.7 Å². The summed E-state index contributed by atoms with van der Waals surface area (Å²) in [6, 6.07) is 8.01. The van der Waals surface area contributed by atoms with Gasteiger partial charge in [0, 0.05) is 17.3 Å². The van der Waals surface area contributed by atoms with E-state index in [2.05, 4.69) is 4.74 Å². The number of benzene rings is 1. The molecule has 108 valence electrons. The SMILES string of the molecule is COC(=O)c1cc(C=O)cn1CC(=O)c1ccccc1Cl. The summed E-state index contributed by atoms with van der Waals surface area (Å²) in [5.74, 6) is -0.881. The van der Waals surface area contributed by atoms with E-state index in [9.17, 15) is 14.4 Å². The highest BCUT2D eigenvalue weighted by atomic mass is 35.5. The number of methoxy groups -OCH3 is 1. The van der Waals surface area contributed by atoms with Crippen LogP contribution in [0.2, 0.25) is 5.02 Å². The molecule has 1 aromatic carbocycles. The number of Topliss-reactive ketones (excluding diaryl/α,β-unsaturated/α-hetero) is 1. The minimum Gasteiger partial charge on any atom is -0.464 e. The van der Waals surface area contributed by atoms with Crippen LogP contribution in [0, 0.1) is 0 Å². The average Bonchev–Trinajstić information content (AvgIpc) is 2.89. The largest absolute Gasteiger partial charge is 0.464 e. The molecular formula is C15H12ClNO4. The molecule has 2 aromatic rings. The average molecular weight is 306 g/mol. The van der Waals surface area contributed by atoms with Crippen molar-refractivity contribution in [2.75, 3.05) is 7.11 Å². The van der Waals surface area contributed by atoms with E-state index in [0.717, 1.165) is 0 Å². The maximum Gasteiger partial charge on any atom is 0.354 e. The second kappa shape index (κ2) is 6.37. The fraction of sp³-hybridized carbons (Fsp3) is 0.133. The van der Waals surface area contributed by atoms with E-state index >= 15 is 0 Å². The van der Waals surface area contributed by atoms with E-state index in [1.54, 1.807) is 24.3 Å². The Morgan fingerprint density at radius 3 is 2.67 bits per heavy atom. The zero-order valence-electron chi connectivity index (χ0n) is 11.2. The van der Waals surface area contributed by atoms with Crippen molar-refractivity contribution in [3.05, 3.63) is 58.4 Å². The van der Waals surface area contributed by atoms with Gasteiger partial charge >= 0.3 is 5.97 Å². The standard InChI is InChI=1S/C15H12ClNO4/c1-21-15(20)13-6-10(9-18)7-17(13)8-14(19)11-4-2-3-5-12(11)16/h2-7,9H,8H2,1H3. The third kappa shape index (κ3) is 3.20. The van der Waals surface area contributed by atoms with Crippen LogP contribution in [0.15, 0.2) is 36.5 Å². The Balaban J connectivity index is 2.33. The van der Waals surface area contributed by atoms with Crippen LogP contribution in [0.5, 0.6) is 0 Å². The fourth-order valence-corrected chi connectivity index (χ4v) is 2.17. The molecule has 1 heterocycles. The Hall–Kier alpha value is -2.40. The minimum atomic E-state index is -0.616. The van der Waals surface area contributed by atoms with Crippen LogP contribution in [-0.2, 0) is 11.3 Å². The molecule has 0 radical (unpaired) electrons. The molecule has 2 rings (SSSR count). The molecule has 0 N–H and O–H groups in total. The van der Waals surface area contributed by atoms with E-state index in [1.807, 2.05) is 0 Å². The number of esters is 1. The molecule has 0 unspecified atom stereocenters. The summed E-state index contributed by atoms with van der Waals surface area (Å²) < 4.78 is 6.01. The number of ether oxygens (including phenoxy) is 1. The Morgan fingerprint density at radius 1 is 1.33 bits per heavy atom. The van der Waals surface area contributed by atoms with Gasteiger partial charge in [0.15, 0.2) is 12.1 Å². The zero-order chi connectivity index (χ0) is 15.4. The number of rotatable bonds is 5. The van der Waals surface area contributed by atoms with Gasteiger partial charge in [0.2, 0.25) is 0 Å². The summed E-state index contributed by atoms with van der Waals surface area (Å²) in [6.45, 7) is -0.109. The molecule has 5 nitrogen and oxygen atoms in total. The molecule has 0 saturated heterocycles. The van der Waals surface area contributed by atoms with Crippen LogP contribution in [-0.4, -0.2) is 29.7 Å². The van der Waals surface area contributed by atoms with Gasteiger partial charge in [-0.25, -0.2) is 4.79 Å². The van der Waals surface area contributed by atoms with Crippen LogP contribution in [0.4, 0.5) is 0 Å². The molecule has 0 amide bonds. The number of nitrogens with zero attached hydrogens (tertiary/aromatic N) is 1. The van der Waals surface area contributed by atoms with E-state index in [-0.39, 0.29) is 18.0 Å². The predicted octanol–water partition coefficient (Wildman–Crippen LogP) is 2.62. The minimum absolute atomic E-state index is 0.109. The Labute approximate surface area is 126 Å². The van der Waals surface area contributed by atoms with Crippen molar-refractivity contribution in [2.24, 2.45) is 0 Å². The Kier molecular flexibility index (Phi) is 4.55. The van der Waals surface area contributed by atoms with Gasteiger partial charge in [0.1, 0.15) is 5.69 Å². The zero-order valence-corrected chi connectivity index (χ0v) is 12.0. The first-order valence-electron chi connectivity index (χ1n) is 6.08. The van der Waals surface area contributed by atoms with Gasteiger partial charge in [-0.3, -0.25) is 9.59 Å². The summed E-state index contributed by atoms with van der Waals surface area (Å²) in [7, 11) is 1.23. The van der Waals surface area contributed by atoms with E-state index < -0.39 is 5.97 Å². The lowest BCUT2D eigenvalue weighted by atomic mass is 10.1. The van der Waals surface area contributed by atoms with Crippen LogP contribution >= 0.6 is 11.6 Å². The summed E-state index contributed by atoms with van der Waals surface area (Å²) >= 11 is 5.97. The first-order valence-corrected chi connectivity index (χ1v) is 6.46. The van der Waals surface area contributed by atoms with Gasteiger partial charge in [-0.15, -0.1) is 0 Å². The highest BCUT2D eigenvalue weighted by Crippen LogP contribution is 2.17. The molecule has 0 aliphatic rings. The van der Waals surface area contributed by atoms with Crippen molar-refractivity contribution in [3.8, 4) is 0 Å². The van der Waals surface area contributed by atoms with Crippen molar-refractivity contribution in [1.29, 1.82) is 0 Å². The fourth-order valence-electron chi connectivity index (χ4n) is 1.93. The number of hydrogen-bond donors (Lipinski definition) is 0. The van der Waals surface area contributed by atoms with Crippen molar-refractivity contribution >= 4 is 29.6 Å². The van der Waals surface area contributed by atoms with Gasteiger partial charge in [-0.1, -0.05) is 23.7 Å². The summed E-state index contributed by atoms with van der Waals surface area (Å²) in [4.78, 5) is 34.7. The quantitative estimate of drug-likeness (QED) is 0.484. The maximum absolute atomic E-state index is 12.2. The van der Waals surface area contributed by atoms with Crippen LogP contribution in [0.25, 0.3) is 0 Å². The molecule has 0 atom stereocenters. The smallest absolute Gasteiger partial charge is 0.354 e. The molecular weight excluding hydrogens is 294 g/mol. The lowest BCUT2D eigenvalue weighted by Gasteiger charge is -2.08. The monoisotopic (exact) mass is 305 g/mol. The summed E-state index contributed by atoms with van der Waals surface area (Å²) in [5, 5.41) is 0.338. The second-order valence-corrected chi connectivity index (χ2v) is 4.71. The first kappa shape index (κ1) is 15.0. The molecule has 0 aliphatic heterocycles. The number of carbonyl (C=O) groups is 3. The lowest BCUT2D eigenvalue weighted by Crippen LogP contribution is -2.16. The number of carbonyl (C=O) groups excluding carboxylic acids is 3. The van der Waals surface area contributed by atoms with E-state index in [1.165, 1.54) is 23.9 Å². The van der Waals surface area contributed by atoms with Crippen LogP contribution in [0.1, 0.15) is 31.2 Å². The molecule has 0 saturated carbocycles. The highest BCUT2D eigenvalue weighted by molar-refractivity contribution is 6.33. The molecule has 0 spiro atoms.